The molecular weight excluding hydrogens is 411 g/mol. The Morgan fingerprint density at radius 2 is 1.78 bits per heavy atom. The summed E-state index contributed by atoms with van der Waals surface area (Å²) < 4.78 is 16.7. The van der Waals surface area contributed by atoms with Gasteiger partial charge >= 0.3 is 0 Å². The lowest BCUT2D eigenvalue weighted by molar-refractivity contribution is 0.263. The molecule has 0 saturated heterocycles. The van der Waals surface area contributed by atoms with Crippen LogP contribution in [0.3, 0.4) is 0 Å². The number of anilines is 1. The number of nitrogens with zero attached hydrogens (tertiary/aromatic N) is 7. The van der Waals surface area contributed by atoms with Crippen LogP contribution in [0.15, 0.2) is 67.4 Å². The number of fused-ring (bicyclic) bond motifs is 1. The smallest absolute Gasteiger partial charge is 0.240 e. The van der Waals surface area contributed by atoms with Gasteiger partial charge in [-0.1, -0.05) is 12.1 Å². The van der Waals surface area contributed by atoms with Gasteiger partial charge in [-0.3, -0.25) is 9.67 Å². The van der Waals surface area contributed by atoms with Gasteiger partial charge in [-0.25, -0.2) is 13.9 Å². The van der Waals surface area contributed by atoms with Gasteiger partial charge in [-0.15, -0.1) is 5.10 Å². The van der Waals surface area contributed by atoms with Gasteiger partial charge < -0.3 is 10.8 Å². The van der Waals surface area contributed by atoms with Crippen LogP contribution in [-0.2, 0) is 0 Å². The van der Waals surface area contributed by atoms with E-state index in [1.54, 1.807) is 46.1 Å². The zero-order valence-corrected chi connectivity index (χ0v) is 16.9. The second kappa shape index (κ2) is 8.16. The highest BCUT2D eigenvalue weighted by Gasteiger charge is 2.16. The topological polar surface area (TPSA) is 120 Å². The molecule has 4 aromatic heterocycles. The minimum atomic E-state index is -0.309. The first-order chi connectivity index (χ1) is 15.6. The van der Waals surface area contributed by atoms with Crippen LogP contribution in [0.2, 0.25) is 0 Å². The molecule has 0 fully saturated rings. The molecule has 4 heterocycles. The number of aliphatic hydroxyl groups is 1. The van der Waals surface area contributed by atoms with E-state index in [1.807, 2.05) is 18.3 Å². The monoisotopic (exact) mass is 430 g/mol. The van der Waals surface area contributed by atoms with Crippen molar-refractivity contribution in [3.63, 3.8) is 0 Å². The molecule has 1 aromatic carbocycles. The van der Waals surface area contributed by atoms with E-state index in [2.05, 4.69) is 20.2 Å². The summed E-state index contributed by atoms with van der Waals surface area (Å²) in [6, 6.07) is 9.68. The van der Waals surface area contributed by atoms with Crippen LogP contribution in [-0.4, -0.2) is 46.1 Å². The van der Waals surface area contributed by atoms with E-state index in [-0.39, 0.29) is 24.4 Å². The van der Waals surface area contributed by atoms with Crippen molar-refractivity contribution in [3.05, 3.63) is 78.8 Å². The summed E-state index contributed by atoms with van der Waals surface area (Å²) >= 11 is 0. The summed E-state index contributed by atoms with van der Waals surface area (Å²) in [5, 5.41) is 18.1. The Kier molecular flexibility index (Phi) is 5.04. The highest BCUT2D eigenvalue weighted by molar-refractivity contribution is 5.66. The maximum absolute atomic E-state index is 13.3. The maximum Gasteiger partial charge on any atom is 0.240 e. The first-order valence-electron chi connectivity index (χ1n) is 9.96. The normalized spacial score (nSPS) is 12.3. The molecule has 0 bridgehead atoms. The summed E-state index contributed by atoms with van der Waals surface area (Å²) in [7, 11) is 0. The molecule has 9 nitrogen and oxygen atoms in total. The lowest BCUT2D eigenvalue weighted by Crippen LogP contribution is -2.13. The number of aromatic nitrogens is 7. The number of rotatable bonds is 6. The molecule has 0 amide bonds. The van der Waals surface area contributed by atoms with Gasteiger partial charge in [0.2, 0.25) is 5.95 Å². The van der Waals surface area contributed by atoms with Crippen molar-refractivity contribution in [2.24, 2.45) is 0 Å². The number of nitrogens with two attached hydrogens (primary N) is 1. The zero-order chi connectivity index (χ0) is 22.1. The van der Waals surface area contributed by atoms with Gasteiger partial charge in [-0.05, 0) is 36.2 Å². The van der Waals surface area contributed by atoms with E-state index in [0.29, 0.717) is 23.5 Å². The molecule has 0 radical (unpaired) electrons. The van der Waals surface area contributed by atoms with Crippen molar-refractivity contribution in [2.75, 3.05) is 12.3 Å². The molecule has 160 valence electrons. The predicted molar refractivity (Wildman–Crippen MR) is 116 cm³/mol. The van der Waals surface area contributed by atoms with E-state index in [4.69, 9.17) is 10.7 Å². The predicted octanol–water partition coefficient (Wildman–Crippen LogP) is 2.74. The number of hydrogen-bond donors (Lipinski definition) is 2. The van der Waals surface area contributed by atoms with Gasteiger partial charge in [0.1, 0.15) is 5.82 Å². The van der Waals surface area contributed by atoms with Gasteiger partial charge in [0.15, 0.2) is 5.65 Å². The molecule has 0 aliphatic rings. The Morgan fingerprint density at radius 1 is 1.00 bits per heavy atom. The molecule has 1 atom stereocenters. The molecule has 10 heteroatoms. The first-order valence-corrected chi connectivity index (χ1v) is 9.96. The lowest BCUT2D eigenvalue weighted by Gasteiger charge is -2.17. The summed E-state index contributed by atoms with van der Waals surface area (Å²) in [6.45, 7) is -0.0256. The third kappa shape index (κ3) is 3.79. The number of hydrogen-bond acceptors (Lipinski definition) is 7. The van der Waals surface area contributed by atoms with Crippen molar-refractivity contribution < 1.29 is 9.50 Å². The van der Waals surface area contributed by atoms with Gasteiger partial charge in [-0.2, -0.15) is 10.1 Å². The molecular formula is C22H19FN8O. The van der Waals surface area contributed by atoms with Crippen molar-refractivity contribution in [2.45, 2.75) is 12.5 Å². The second-order valence-corrected chi connectivity index (χ2v) is 7.27. The van der Waals surface area contributed by atoms with Crippen LogP contribution < -0.4 is 5.73 Å². The lowest BCUT2D eigenvalue weighted by atomic mass is 10.0. The Balaban J connectivity index is 1.47. The highest BCUT2D eigenvalue weighted by atomic mass is 19.1. The average molecular weight is 430 g/mol. The number of halogens is 1. The van der Waals surface area contributed by atoms with Crippen LogP contribution in [0.4, 0.5) is 10.3 Å². The number of pyridine rings is 1. The fourth-order valence-corrected chi connectivity index (χ4v) is 3.60. The van der Waals surface area contributed by atoms with E-state index >= 15 is 0 Å². The fraction of sp³-hybridized carbons (Fsp3) is 0.136. The zero-order valence-electron chi connectivity index (χ0n) is 16.9. The van der Waals surface area contributed by atoms with E-state index in [9.17, 15) is 9.50 Å². The van der Waals surface area contributed by atoms with E-state index in [0.717, 1.165) is 16.7 Å². The third-order valence-electron chi connectivity index (χ3n) is 5.16. The number of benzene rings is 1. The third-order valence-corrected chi connectivity index (χ3v) is 5.16. The van der Waals surface area contributed by atoms with Crippen molar-refractivity contribution in [3.8, 4) is 22.5 Å². The Labute approximate surface area is 182 Å². The Bertz CT molecular complexity index is 1380. The van der Waals surface area contributed by atoms with Gasteiger partial charge in [0.25, 0.3) is 0 Å². The highest BCUT2D eigenvalue weighted by Crippen LogP contribution is 2.26. The van der Waals surface area contributed by atoms with Crippen molar-refractivity contribution in [1.82, 2.24) is 34.3 Å². The molecule has 3 N–H and O–H groups in total. The van der Waals surface area contributed by atoms with Gasteiger partial charge in [0, 0.05) is 30.1 Å². The van der Waals surface area contributed by atoms with E-state index in [1.165, 1.54) is 12.1 Å². The molecule has 1 unspecified atom stereocenters. The summed E-state index contributed by atoms with van der Waals surface area (Å²) in [5.41, 5.74) is 10.1. The maximum atomic E-state index is 13.3. The summed E-state index contributed by atoms with van der Waals surface area (Å²) in [5.74, 6) is -0.107. The van der Waals surface area contributed by atoms with Gasteiger partial charge in [0.05, 0.1) is 36.0 Å². The minimum Gasteiger partial charge on any atom is -0.396 e. The SMILES string of the molecule is Nc1nc2cc(-c3cncc(-c4cnn(C(CCO)c5ccc(F)cc5)c4)n3)ccn2n1. The number of aliphatic hydroxyl groups excluding tert-OH is 1. The molecule has 0 spiro atoms. The van der Waals surface area contributed by atoms with Crippen molar-refractivity contribution in [1.29, 1.82) is 0 Å². The molecule has 0 aliphatic carbocycles. The quantitative estimate of drug-likeness (QED) is 0.425. The van der Waals surface area contributed by atoms with Crippen LogP contribution in [0.5, 0.6) is 0 Å². The average Bonchev–Trinajstić information content (AvgIpc) is 3.44. The van der Waals surface area contributed by atoms with Crippen molar-refractivity contribution >= 4 is 11.6 Å². The standard InChI is InChI=1S/C22H19FN8O/c23-17-3-1-14(2-4-17)20(6-8-32)31-13-16(10-26-31)19-12-25-11-18(27-19)15-5-7-30-21(9-15)28-22(24)29-30/h1-5,7,9-13,20,32H,6,8H2,(H2,24,29). The minimum absolute atomic E-state index is 0.0256. The Morgan fingerprint density at radius 3 is 2.56 bits per heavy atom. The molecule has 5 aromatic rings. The summed E-state index contributed by atoms with van der Waals surface area (Å²) in [4.78, 5) is 13.2. The second-order valence-electron chi connectivity index (χ2n) is 7.27. The fourth-order valence-electron chi connectivity index (χ4n) is 3.60. The summed E-state index contributed by atoms with van der Waals surface area (Å²) in [6.07, 6.45) is 9.09. The molecule has 5 rings (SSSR count). The van der Waals surface area contributed by atoms with Crippen LogP contribution >= 0.6 is 0 Å². The van der Waals surface area contributed by atoms with Crippen LogP contribution in [0.25, 0.3) is 28.2 Å². The first kappa shape index (κ1) is 19.8. The molecule has 0 saturated carbocycles. The van der Waals surface area contributed by atoms with Crippen LogP contribution in [0, 0.1) is 5.82 Å². The molecule has 32 heavy (non-hydrogen) atoms. The molecule has 0 aliphatic heterocycles. The Hall–Kier alpha value is -4.18. The van der Waals surface area contributed by atoms with Crippen LogP contribution in [0.1, 0.15) is 18.0 Å². The van der Waals surface area contributed by atoms with E-state index < -0.39 is 0 Å². The number of nitrogen functional groups attached to an aromatic ring is 1. The largest absolute Gasteiger partial charge is 0.396 e.